The van der Waals surface area contributed by atoms with Gasteiger partial charge in [-0.1, -0.05) is 32.0 Å². The van der Waals surface area contributed by atoms with Gasteiger partial charge in [-0.25, -0.2) is 0 Å². The molecule has 0 saturated carbocycles. The maximum absolute atomic E-state index is 3.49. The second-order valence-corrected chi connectivity index (χ2v) is 5.16. The van der Waals surface area contributed by atoms with Crippen molar-refractivity contribution in [1.29, 1.82) is 0 Å². The predicted molar refractivity (Wildman–Crippen MR) is 82.9 cm³/mol. The van der Waals surface area contributed by atoms with Crippen LogP contribution >= 0.6 is 0 Å². The summed E-state index contributed by atoms with van der Waals surface area (Å²) in [5.41, 5.74) is 6.70. The third-order valence-electron chi connectivity index (χ3n) is 3.66. The van der Waals surface area contributed by atoms with Gasteiger partial charge in [0.05, 0.1) is 0 Å². The summed E-state index contributed by atoms with van der Waals surface area (Å²) in [4.78, 5) is 2.16. The van der Waals surface area contributed by atoms with Gasteiger partial charge in [-0.3, -0.25) is 0 Å². The van der Waals surface area contributed by atoms with Gasteiger partial charge in [-0.05, 0) is 36.1 Å². The van der Waals surface area contributed by atoms with Crippen molar-refractivity contribution in [2.75, 3.05) is 20.6 Å². The number of hydrogen-bond acceptors (Lipinski definition) is 2. The fourth-order valence-electron chi connectivity index (χ4n) is 2.43. The molecule has 0 amide bonds. The van der Waals surface area contributed by atoms with E-state index in [-0.39, 0.29) is 0 Å². The molecule has 0 fully saturated rings. The van der Waals surface area contributed by atoms with E-state index < -0.39 is 0 Å². The predicted octanol–water partition coefficient (Wildman–Crippen LogP) is 3.20. The Labute approximate surface area is 116 Å². The van der Waals surface area contributed by atoms with Gasteiger partial charge in [0.15, 0.2) is 0 Å². The topological polar surface area (TPSA) is 15.3 Å². The number of nitrogens with zero attached hydrogens (tertiary/aromatic N) is 1. The van der Waals surface area contributed by atoms with Crippen molar-refractivity contribution in [3.63, 3.8) is 0 Å². The lowest BCUT2D eigenvalue weighted by Crippen LogP contribution is -2.22. The quantitative estimate of drug-likeness (QED) is 0.890. The molecule has 1 N–H and O–H groups in total. The third kappa shape index (κ3) is 3.01. The molecule has 0 unspecified atom stereocenters. The van der Waals surface area contributed by atoms with Gasteiger partial charge in [0.2, 0.25) is 0 Å². The van der Waals surface area contributed by atoms with Gasteiger partial charge in [-0.15, -0.1) is 0 Å². The molecule has 1 heterocycles. The summed E-state index contributed by atoms with van der Waals surface area (Å²) in [6.45, 7) is 5.34. The van der Waals surface area contributed by atoms with E-state index in [9.17, 15) is 0 Å². The lowest BCUT2D eigenvalue weighted by Gasteiger charge is -2.23. The highest BCUT2D eigenvalue weighted by atomic mass is 15.1. The van der Waals surface area contributed by atoms with Gasteiger partial charge >= 0.3 is 0 Å². The van der Waals surface area contributed by atoms with Crippen LogP contribution in [0.5, 0.6) is 0 Å². The molecule has 2 rings (SSSR count). The number of nitrogens with one attached hydrogen (secondary N) is 1. The molecule has 0 spiro atoms. The second-order valence-electron chi connectivity index (χ2n) is 5.16. The van der Waals surface area contributed by atoms with Crippen LogP contribution in [0.2, 0.25) is 0 Å². The maximum Gasteiger partial charge on any atom is 0.0439 e. The summed E-state index contributed by atoms with van der Waals surface area (Å²) in [5, 5.41) is 3.49. The Morgan fingerprint density at radius 1 is 1.16 bits per heavy atom. The van der Waals surface area contributed by atoms with Crippen molar-refractivity contribution in [3.05, 3.63) is 52.7 Å². The largest absolute Gasteiger partial charge is 0.381 e. The van der Waals surface area contributed by atoms with Gasteiger partial charge in [-0.2, -0.15) is 0 Å². The van der Waals surface area contributed by atoms with E-state index in [0.717, 1.165) is 19.4 Å². The van der Waals surface area contributed by atoms with E-state index in [1.165, 1.54) is 28.1 Å². The molecule has 2 nitrogen and oxygen atoms in total. The highest BCUT2D eigenvalue weighted by molar-refractivity contribution is 5.70. The van der Waals surface area contributed by atoms with Crippen LogP contribution in [-0.2, 0) is 12.8 Å². The molecule has 1 aromatic rings. The first kappa shape index (κ1) is 13.7. The van der Waals surface area contributed by atoms with Crippen LogP contribution in [0.1, 0.15) is 30.5 Å². The average Bonchev–Trinajstić information content (AvgIpc) is 2.46. The molecule has 19 heavy (non-hydrogen) atoms. The molecule has 1 aromatic carbocycles. The monoisotopic (exact) mass is 256 g/mol. The normalized spacial score (nSPS) is 14.5. The van der Waals surface area contributed by atoms with Crippen LogP contribution in [0.15, 0.2) is 36.0 Å². The highest BCUT2D eigenvalue weighted by Gasteiger charge is 2.11. The molecule has 0 radical (unpaired) electrons. The van der Waals surface area contributed by atoms with Gasteiger partial charge in [0.25, 0.3) is 0 Å². The lowest BCUT2D eigenvalue weighted by molar-refractivity contribution is 0.525. The molecule has 0 aromatic heterocycles. The summed E-state index contributed by atoms with van der Waals surface area (Å²) in [7, 11) is 4.18. The second kappa shape index (κ2) is 5.96. The Bertz CT molecular complexity index is 510. The first-order valence-corrected chi connectivity index (χ1v) is 7.11. The Morgan fingerprint density at radius 2 is 1.95 bits per heavy atom. The minimum atomic E-state index is 0.901. The van der Waals surface area contributed by atoms with E-state index in [2.05, 4.69) is 68.5 Å². The fraction of sp³-hybridized carbons (Fsp3) is 0.412. The van der Waals surface area contributed by atoms with Crippen molar-refractivity contribution < 1.29 is 0 Å². The van der Waals surface area contributed by atoms with Crippen molar-refractivity contribution in [3.8, 4) is 0 Å². The fourth-order valence-corrected chi connectivity index (χ4v) is 2.43. The van der Waals surface area contributed by atoms with E-state index in [1.807, 2.05) is 0 Å². The van der Waals surface area contributed by atoms with Crippen LogP contribution in [0.25, 0.3) is 5.70 Å². The third-order valence-corrected chi connectivity index (χ3v) is 3.66. The van der Waals surface area contributed by atoms with E-state index >= 15 is 0 Å². The lowest BCUT2D eigenvalue weighted by atomic mass is 9.97. The van der Waals surface area contributed by atoms with Crippen LogP contribution in [0.3, 0.4) is 0 Å². The summed E-state index contributed by atoms with van der Waals surface area (Å²) >= 11 is 0. The van der Waals surface area contributed by atoms with Crippen LogP contribution in [-0.4, -0.2) is 25.5 Å². The Morgan fingerprint density at radius 3 is 2.58 bits per heavy atom. The molecule has 0 atom stereocenters. The van der Waals surface area contributed by atoms with Crippen LogP contribution in [0.4, 0.5) is 0 Å². The van der Waals surface area contributed by atoms with E-state index in [4.69, 9.17) is 0 Å². The standard InChI is InChI=1S/C17H24N2/c1-5-13-7-8-16(14(6-2)11-13)17-12-15(19(3)4)9-10-18-17/h7-9,11-12,18H,5-6,10H2,1-4H3. The first-order chi connectivity index (χ1) is 9.15. The summed E-state index contributed by atoms with van der Waals surface area (Å²) in [6, 6.07) is 6.84. The van der Waals surface area contributed by atoms with Gasteiger partial charge in [0.1, 0.15) is 0 Å². The molecule has 102 valence electrons. The molecular weight excluding hydrogens is 232 g/mol. The van der Waals surface area contributed by atoms with Gasteiger partial charge < -0.3 is 10.2 Å². The van der Waals surface area contributed by atoms with Crippen molar-refractivity contribution >= 4 is 5.70 Å². The number of rotatable bonds is 4. The summed E-state index contributed by atoms with van der Waals surface area (Å²) in [6.07, 6.45) is 6.63. The number of dihydropyridines is 1. The molecule has 1 aliphatic heterocycles. The van der Waals surface area contributed by atoms with Crippen LogP contribution in [0, 0.1) is 0 Å². The SMILES string of the molecule is CCc1ccc(C2=CC(N(C)C)=CCN2)c(CC)c1. The molecule has 0 aliphatic carbocycles. The zero-order valence-corrected chi connectivity index (χ0v) is 12.5. The zero-order chi connectivity index (χ0) is 13.8. The summed E-state index contributed by atoms with van der Waals surface area (Å²) < 4.78 is 0. The number of allylic oxidation sites excluding steroid dienone is 1. The van der Waals surface area contributed by atoms with E-state index in [1.54, 1.807) is 0 Å². The minimum absolute atomic E-state index is 0.901. The Balaban J connectivity index is 2.39. The number of aryl methyl sites for hydroxylation is 2. The Kier molecular flexibility index (Phi) is 4.31. The maximum atomic E-state index is 3.49. The van der Waals surface area contributed by atoms with Crippen molar-refractivity contribution in [2.24, 2.45) is 0 Å². The minimum Gasteiger partial charge on any atom is -0.381 e. The average molecular weight is 256 g/mol. The molecule has 0 saturated heterocycles. The number of hydrogen-bond donors (Lipinski definition) is 1. The smallest absolute Gasteiger partial charge is 0.0439 e. The molecular formula is C17H24N2. The molecule has 2 heteroatoms. The van der Waals surface area contributed by atoms with E-state index in [0.29, 0.717) is 0 Å². The van der Waals surface area contributed by atoms with Crippen LogP contribution < -0.4 is 5.32 Å². The zero-order valence-electron chi connectivity index (χ0n) is 12.5. The van der Waals surface area contributed by atoms with Gasteiger partial charge in [0, 0.05) is 37.6 Å². The number of benzene rings is 1. The Hall–Kier alpha value is -1.70. The van der Waals surface area contributed by atoms with Crippen molar-refractivity contribution in [2.45, 2.75) is 26.7 Å². The summed E-state index contributed by atoms with van der Waals surface area (Å²) in [5.74, 6) is 0. The molecule has 0 bridgehead atoms. The number of likely N-dealkylation sites (N-methyl/N-ethyl adjacent to an activating group) is 1. The molecule has 1 aliphatic rings. The highest BCUT2D eigenvalue weighted by Crippen LogP contribution is 2.23. The first-order valence-electron chi connectivity index (χ1n) is 7.11. The van der Waals surface area contributed by atoms with Crippen molar-refractivity contribution in [1.82, 2.24) is 10.2 Å².